The maximum absolute atomic E-state index is 9.66. The van der Waals surface area contributed by atoms with Crippen molar-refractivity contribution < 1.29 is 4.74 Å². The Morgan fingerprint density at radius 2 is 2.17 bits per heavy atom. The number of hydrogen-bond acceptors (Lipinski definition) is 7. The van der Waals surface area contributed by atoms with Crippen LogP contribution in [-0.2, 0) is 19.4 Å². The zero-order valence-electron chi connectivity index (χ0n) is 17.1. The molecule has 1 aromatic carbocycles. The minimum Gasteiger partial charge on any atom is -0.493 e. The largest absolute Gasteiger partial charge is 0.493 e. The normalized spacial score (nSPS) is 12.9. The van der Waals surface area contributed by atoms with Gasteiger partial charge in [-0.1, -0.05) is 13.8 Å². The monoisotopic (exact) mass is 425 g/mol. The highest BCUT2D eigenvalue weighted by molar-refractivity contribution is 6.28. The lowest BCUT2D eigenvalue weighted by molar-refractivity contribution is 0.356. The zero-order chi connectivity index (χ0) is 21.3. The fourth-order valence-corrected chi connectivity index (χ4v) is 3.90. The van der Waals surface area contributed by atoms with Gasteiger partial charge in [0.1, 0.15) is 11.6 Å². The number of fused-ring (bicyclic) bond motifs is 2. The second-order valence-corrected chi connectivity index (χ2v) is 8.03. The molecule has 0 spiro atoms. The molecule has 156 valence electrons. The molecule has 0 aliphatic carbocycles. The number of hydrogen-bond donors (Lipinski definition) is 2. The van der Waals surface area contributed by atoms with E-state index >= 15 is 0 Å². The smallest absolute Gasteiger partial charge is 0.226 e. The van der Waals surface area contributed by atoms with Crippen LogP contribution in [0.25, 0.3) is 11.2 Å². The maximum Gasteiger partial charge on any atom is 0.226 e. The number of halogens is 1. The predicted octanol–water partition coefficient (Wildman–Crippen LogP) is 2.85. The first-order valence-electron chi connectivity index (χ1n) is 10.1. The number of imidazole rings is 1. The van der Waals surface area contributed by atoms with E-state index in [2.05, 4.69) is 35.2 Å². The number of anilines is 1. The van der Waals surface area contributed by atoms with Crippen LogP contribution < -0.4 is 15.8 Å². The molecule has 0 amide bonds. The second-order valence-electron chi connectivity index (χ2n) is 7.70. The van der Waals surface area contributed by atoms with Crippen molar-refractivity contribution in [3.8, 4) is 11.8 Å². The van der Waals surface area contributed by atoms with Gasteiger partial charge >= 0.3 is 0 Å². The Balaban J connectivity index is 1.72. The van der Waals surface area contributed by atoms with Crippen molar-refractivity contribution in [1.29, 1.82) is 5.26 Å². The number of nitrogen functional groups attached to an aromatic ring is 1. The highest BCUT2D eigenvalue weighted by atomic mass is 35.5. The van der Waals surface area contributed by atoms with Crippen LogP contribution in [0.3, 0.4) is 0 Å². The van der Waals surface area contributed by atoms with Gasteiger partial charge in [-0.2, -0.15) is 15.2 Å². The van der Waals surface area contributed by atoms with E-state index in [0.717, 1.165) is 42.1 Å². The lowest BCUT2D eigenvalue weighted by Crippen LogP contribution is -2.24. The Morgan fingerprint density at radius 1 is 1.33 bits per heavy atom. The molecular formula is C21H24ClN7O. The Hall–Kier alpha value is -2.89. The highest BCUT2D eigenvalue weighted by Gasteiger charge is 2.20. The number of nitrogens with zero attached hydrogens (tertiary/aromatic N) is 5. The molecule has 0 atom stereocenters. The fourth-order valence-electron chi connectivity index (χ4n) is 3.73. The van der Waals surface area contributed by atoms with Crippen LogP contribution in [-0.4, -0.2) is 38.7 Å². The zero-order valence-corrected chi connectivity index (χ0v) is 17.8. The minimum absolute atomic E-state index is 0.0941. The van der Waals surface area contributed by atoms with Gasteiger partial charge in [-0.05, 0) is 47.8 Å². The van der Waals surface area contributed by atoms with Crippen molar-refractivity contribution in [1.82, 2.24) is 24.8 Å². The van der Waals surface area contributed by atoms with Crippen LogP contribution >= 0.6 is 11.6 Å². The molecule has 4 rings (SSSR count). The third kappa shape index (κ3) is 4.04. The molecule has 0 saturated carbocycles. The van der Waals surface area contributed by atoms with E-state index in [9.17, 15) is 5.26 Å². The Labute approximate surface area is 180 Å². The molecule has 0 radical (unpaired) electrons. The summed E-state index contributed by atoms with van der Waals surface area (Å²) in [4.78, 5) is 13.1. The first-order valence-corrected chi connectivity index (χ1v) is 10.4. The van der Waals surface area contributed by atoms with Gasteiger partial charge in [0.2, 0.25) is 5.28 Å². The Kier molecular flexibility index (Phi) is 5.75. The summed E-state index contributed by atoms with van der Waals surface area (Å²) in [5, 5.41) is 13.2. The van der Waals surface area contributed by atoms with Gasteiger partial charge in [-0.3, -0.25) is 0 Å². The minimum atomic E-state index is 0.0941. The van der Waals surface area contributed by atoms with Crippen LogP contribution in [0.15, 0.2) is 12.1 Å². The molecule has 30 heavy (non-hydrogen) atoms. The molecule has 0 bridgehead atoms. The molecule has 2 aromatic heterocycles. The van der Waals surface area contributed by atoms with Gasteiger partial charge in [0.25, 0.3) is 0 Å². The highest BCUT2D eigenvalue weighted by Crippen LogP contribution is 2.30. The lowest BCUT2D eigenvalue weighted by Gasteiger charge is -2.12. The van der Waals surface area contributed by atoms with Gasteiger partial charge in [0, 0.05) is 25.4 Å². The van der Waals surface area contributed by atoms with Crippen molar-refractivity contribution in [2.45, 2.75) is 45.7 Å². The molecule has 0 unspecified atom stereocenters. The summed E-state index contributed by atoms with van der Waals surface area (Å²) in [6, 6.07) is 6.60. The number of rotatable bonds is 7. The molecule has 1 aliphatic rings. The number of nitriles is 1. The molecule has 3 heterocycles. The van der Waals surface area contributed by atoms with E-state index in [-0.39, 0.29) is 11.1 Å². The molecule has 0 fully saturated rings. The van der Waals surface area contributed by atoms with E-state index in [1.807, 2.05) is 16.7 Å². The van der Waals surface area contributed by atoms with Crippen LogP contribution in [0.4, 0.5) is 5.82 Å². The molecular weight excluding hydrogens is 402 g/mol. The number of nitrogens with two attached hydrogens (primary N) is 1. The lowest BCUT2D eigenvalue weighted by atomic mass is 10.0. The molecule has 3 aromatic rings. The van der Waals surface area contributed by atoms with Crippen LogP contribution in [0.5, 0.6) is 5.75 Å². The maximum atomic E-state index is 9.66. The Morgan fingerprint density at radius 3 is 2.93 bits per heavy atom. The summed E-state index contributed by atoms with van der Waals surface area (Å²) in [6.07, 6.45) is 2.18. The number of benzene rings is 1. The molecule has 0 saturated heterocycles. The van der Waals surface area contributed by atoms with Crippen molar-refractivity contribution >= 4 is 28.6 Å². The third-order valence-electron chi connectivity index (χ3n) is 5.17. The summed E-state index contributed by atoms with van der Waals surface area (Å²) in [7, 11) is 0. The van der Waals surface area contributed by atoms with Gasteiger partial charge in [0.15, 0.2) is 17.0 Å². The van der Waals surface area contributed by atoms with Crippen LogP contribution in [0.2, 0.25) is 5.28 Å². The number of nitrogens with one attached hydrogen (secondary N) is 1. The predicted molar refractivity (Wildman–Crippen MR) is 116 cm³/mol. The molecule has 3 N–H and O–H groups in total. The van der Waals surface area contributed by atoms with Crippen molar-refractivity contribution in [3.63, 3.8) is 0 Å². The Bertz CT molecular complexity index is 1130. The van der Waals surface area contributed by atoms with Crippen molar-refractivity contribution in [2.75, 3.05) is 18.9 Å². The summed E-state index contributed by atoms with van der Waals surface area (Å²) in [6.45, 7) is 6.44. The average molecular weight is 426 g/mol. The fraction of sp³-hybridized carbons (Fsp3) is 0.429. The molecule has 9 heteroatoms. The molecule has 8 nitrogen and oxygen atoms in total. The standard InChI is InChI=1S/C21H24ClN7O/c1-12(2)25-5-3-6-29-17(26-18-19(24)27-21(22)28-20(18)29)10-14-9-16-13(4-7-30-16)8-15(14)11-23/h8-9,12,25H,3-7,10H2,1-2H3,(H2,24,27,28). The van der Waals surface area contributed by atoms with E-state index in [1.165, 1.54) is 0 Å². The van der Waals surface area contributed by atoms with Gasteiger partial charge in [0.05, 0.1) is 18.2 Å². The summed E-state index contributed by atoms with van der Waals surface area (Å²) in [5.74, 6) is 1.87. The van der Waals surface area contributed by atoms with E-state index < -0.39 is 0 Å². The van der Waals surface area contributed by atoms with Gasteiger partial charge in [-0.15, -0.1) is 0 Å². The van der Waals surface area contributed by atoms with E-state index in [0.29, 0.717) is 42.3 Å². The molecule has 1 aliphatic heterocycles. The SMILES string of the molecule is CC(C)NCCCn1c(Cc2cc3c(cc2C#N)CCO3)nc2c(N)nc(Cl)nc21. The first-order chi connectivity index (χ1) is 14.5. The average Bonchev–Trinajstić information content (AvgIpc) is 3.29. The van der Waals surface area contributed by atoms with E-state index in [4.69, 9.17) is 27.1 Å². The van der Waals surface area contributed by atoms with Crippen LogP contribution in [0.1, 0.15) is 42.8 Å². The van der Waals surface area contributed by atoms with Crippen molar-refractivity contribution in [3.05, 3.63) is 39.9 Å². The van der Waals surface area contributed by atoms with Gasteiger partial charge in [-0.25, -0.2) is 4.98 Å². The number of ether oxygens (including phenoxy) is 1. The summed E-state index contributed by atoms with van der Waals surface area (Å²) in [5.41, 5.74) is 9.78. The van der Waals surface area contributed by atoms with E-state index in [1.54, 1.807) is 0 Å². The number of aryl methyl sites for hydroxylation is 1. The third-order valence-corrected chi connectivity index (χ3v) is 5.34. The van der Waals surface area contributed by atoms with Gasteiger partial charge < -0.3 is 20.4 Å². The number of aromatic nitrogens is 4. The topological polar surface area (TPSA) is 115 Å². The van der Waals surface area contributed by atoms with Crippen LogP contribution in [0, 0.1) is 11.3 Å². The summed E-state index contributed by atoms with van der Waals surface area (Å²) < 4.78 is 7.72. The van der Waals surface area contributed by atoms with Crippen molar-refractivity contribution in [2.24, 2.45) is 0 Å². The summed E-state index contributed by atoms with van der Waals surface area (Å²) >= 11 is 6.06. The second kappa shape index (κ2) is 8.46. The first kappa shape index (κ1) is 20.4. The quantitative estimate of drug-likeness (QED) is 0.441.